The predicted octanol–water partition coefficient (Wildman–Crippen LogP) is 2.37. The molecule has 0 aromatic rings. The molecule has 0 radical (unpaired) electrons. The number of sulfone groups is 1. The van der Waals surface area contributed by atoms with Gasteiger partial charge in [0.25, 0.3) is 0 Å². The molecule has 4 heteroatoms. The van der Waals surface area contributed by atoms with E-state index in [2.05, 4.69) is 12.2 Å². The Morgan fingerprint density at radius 2 is 1.82 bits per heavy atom. The molecule has 2 unspecified atom stereocenters. The van der Waals surface area contributed by atoms with Gasteiger partial charge < -0.3 is 5.32 Å². The highest BCUT2D eigenvalue weighted by Gasteiger charge is 2.23. The highest BCUT2D eigenvalue weighted by atomic mass is 32.2. The molecule has 1 aliphatic carbocycles. The van der Waals surface area contributed by atoms with E-state index in [1.807, 2.05) is 6.92 Å². The van der Waals surface area contributed by atoms with Crippen molar-refractivity contribution in [1.29, 1.82) is 0 Å². The molecule has 1 fully saturated rings. The van der Waals surface area contributed by atoms with E-state index in [1.54, 1.807) is 0 Å². The molecule has 0 aromatic heterocycles. The molecule has 1 rings (SSSR count). The summed E-state index contributed by atoms with van der Waals surface area (Å²) >= 11 is 0. The van der Waals surface area contributed by atoms with Crippen LogP contribution in [0.15, 0.2) is 0 Å². The normalized spacial score (nSPS) is 26.0. The van der Waals surface area contributed by atoms with Crippen molar-refractivity contribution in [3.05, 3.63) is 0 Å². The molecule has 0 aliphatic heterocycles. The molecule has 0 bridgehead atoms. The topological polar surface area (TPSA) is 46.2 Å². The number of nitrogens with one attached hydrogen (secondary N) is 1. The van der Waals surface area contributed by atoms with Crippen molar-refractivity contribution in [2.75, 3.05) is 18.1 Å². The van der Waals surface area contributed by atoms with E-state index in [-0.39, 0.29) is 0 Å². The highest BCUT2D eigenvalue weighted by Crippen LogP contribution is 2.26. The molecular weight excluding hydrogens is 234 g/mol. The molecule has 0 saturated heterocycles. The van der Waals surface area contributed by atoms with Gasteiger partial charge in [-0.3, -0.25) is 0 Å². The zero-order chi connectivity index (χ0) is 12.7. The Bertz CT molecular complexity index is 301. The second-order valence-electron chi connectivity index (χ2n) is 5.17. The van der Waals surface area contributed by atoms with Crippen LogP contribution in [0.25, 0.3) is 0 Å². The number of hydrogen-bond acceptors (Lipinski definition) is 3. The number of hydrogen-bond donors (Lipinski definition) is 1. The largest absolute Gasteiger partial charge is 0.313 e. The zero-order valence-electron chi connectivity index (χ0n) is 11.2. The second kappa shape index (κ2) is 7.37. The first kappa shape index (κ1) is 15.0. The average Bonchev–Trinajstić information content (AvgIpc) is 2.29. The van der Waals surface area contributed by atoms with E-state index in [0.717, 1.165) is 12.3 Å². The summed E-state index contributed by atoms with van der Waals surface area (Å²) in [6.07, 6.45) is 7.08. The van der Waals surface area contributed by atoms with Crippen LogP contribution in [0.4, 0.5) is 0 Å². The van der Waals surface area contributed by atoms with Gasteiger partial charge in [0.05, 0.1) is 5.75 Å². The minimum Gasteiger partial charge on any atom is -0.313 e. The van der Waals surface area contributed by atoms with Crippen molar-refractivity contribution in [1.82, 2.24) is 5.32 Å². The molecule has 0 heterocycles. The van der Waals surface area contributed by atoms with Crippen LogP contribution < -0.4 is 5.32 Å². The van der Waals surface area contributed by atoms with Crippen LogP contribution in [0.2, 0.25) is 0 Å². The fourth-order valence-electron chi connectivity index (χ4n) is 2.78. The van der Waals surface area contributed by atoms with E-state index in [1.165, 1.54) is 32.1 Å². The first-order valence-corrected chi connectivity index (χ1v) is 8.85. The molecule has 1 aliphatic rings. The average molecular weight is 261 g/mol. The molecule has 2 atom stereocenters. The Labute approximate surface area is 106 Å². The van der Waals surface area contributed by atoms with E-state index in [0.29, 0.717) is 24.1 Å². The van der Waals surface area contributed by atoms with Gasteiger partial charge in [-0.15, -0.1) is 0 Å². The SMILES string of the molecule is CCCS(=O)(=O)CCNC1CCCCC1CC. The lowest BCUT2D eigenvalue weighted by Crippen LogP contribution is -2.40. The summed E-state index contributed by atoms with van der Waals surface area (Å²) in [5.41, 5.74) is 0. The Hall–Kier alpha value is -0.0900. The van der Waals surface area contributed by atoms with Crippen molar-refractivity contribution >= 4 is 9.84 Å². The van der Waals surface area contributed by atoms with Gasteiger partial charge in [0.15, 0.2) is 9.84 Å². The maximum atomic E-state index is 11.6. The van der Waals surface area contributed by atoms with Gasteiger partial charge in [0.1, 0.15) is 0 Å². The molecular formula is C13H27NO2S. The predicted molar refractivity (Wildman–Crippen MR) is 73.0 cm³/mol. The summed E-state index contributed by atoms with van der Waals surface area (Å²) in [7, 11) is -2.82. The molecule has 0 spiro atoms. The van der Waals surface area contributed by atoms with Crippen LogP contribution in [-0.2, 0) is 9.84 Å². The lowest BCUT2D eigenvalue weighted by atomic mass is 9.83. The molecule has 3 nitrogen and oxygen atoms in total. The van der Waals surface area contributed by atoms with Gasteiger partial charge in [-0.05, 0) is 25.2 Å². The Morgan fingerprint density at radius 1 is 1.12 bits per heavy atom. The van der Waals surface area contributed by atoms with Gasteiger partial charge in [-0.25, -0.2) is 8.42 Å². The molecule has 102 valence electrons. The monoisotopic (exact) mass is 261 g/mol. The van der Waals surface area contributed by atoms with Crippen LogP contribution in [-0.4, -0.2) is 32.5 Å². The third-order valence-corrected chi connectivity index (χ3v) is 5.62. The van der Waals surface area contributed by atoms with Crippen molar-refractivity contribution < 1.29 is 8.42 Å². The first-order valence-electron chi connectivity index (χ1n) is 7.03. The van der Waals surface area contributed by atoms with Crippen LogP contribution in [0.1, 0.15) is 52.4 Å². The van der Waals surface area contributed by atoms with Gasteiger partial charge in [0.2, 0.25) is 0 Å². The van der Waals surface area contributed by atoms with E-state index in [4.69, 9.17) is 0 Å². The summed E-state index contributed by atoms with van der Waals surface area (Å²) in [4.78, 5) is 0. The number of rotatable bonds is 7. The third-order valence-electron chi connectivity index (χ3n) is 3.77. The summed E-state index contributed by atoms with van der Waals surface area (Å²) in [5, 5.41) is 3.46. The highest BCUT2D eigenvalue weighted by molar-refractivity contribution is 7.91. The van der Waals surface area contributed by atoms with Crippen LogP contribution >= 0.6 is 0 Å². The maximum absolute atomic E-state index is 11.6. The van der Waals surface area contributed by atoms with Crippen molar-refractivity contribution in [3.8, 4) is 0 Å². The fraction of sp³-hybridized carbons (Fsp3) is 1.00. The Morgan fingerprint density at radius 3 is 2.47 bits per heavy atom. The van der Waals surface area contributed by atoms with Crippen molar-refractivity contribution in [2.24, 2.45) is 5.92 Å². The minimum atomic E-state index is -2.82. The molecule has 17 heavy (non-hydrogen) atoms. The van der Waals surface area contributed by atoms with Gasteiger partial charge in [0, 0.05) is 18.3 Å². The Kier molecular flexibility index (Phi) is 6.49. The smallest absolute Gasteiger partial charge is 0.151 e. The quantitative estimate of drug-likeness (QED) is 0.765. The van der Waals surface area contributed by atoms with Crippen LogP contribution in [0, 0.1) is 5.92 Å². The van der Waals surface area contributed by atoms with Gasteiger partial charge in [-0.1, -0.05) is 33.1 Å². The van der Waals surface area contributed by atoms with E-state index >= 15 is 0 Å². The van der Waals surface area contributed by atoms with Gasteiger partial charge in [-0.2, -0.15) is 0 Å². The molecule has 1 saturated carbocycles. The lowest BCUT2D eigenvalue weighted by molar-refractivity contribution is 0.259. The summed E-state index contributed by atoms with van der Waals surface area (Å²) in [5.74, 6) is 1.38. The Balaban J connectivity index is 2.29. The summed E-state index contributed by atoms with van der Waals surface area (Å²) in [6, 6.07) is 0.547. The fourth-order valence-corrected chi connectivity index (χ4v) is 4.03. The molecule has 0 aromatic carbocycles. The molecule has 0 amide bonds. The minimum absolute atomic E-state index is 0.299. The van der Waals surface area contributed by atoms with E-state index < -0.39 is 9.84 Å². The van der Waals surface area contributed by atoms with Crippen molar-refractivity contribution in [2.45, 2.75) is 58.4 Å². The van der Waals surface area contributed by atoms with Crippen molar-refractivity contribution in [3.63, 3.8) is 0 Å². The lowest BCUT2D eigenvalue weighted by Gasteiger charge is -2.31. The third kappa shape index (κ3) is 5.38. The zero-order valence-corrected chi connectivity index (χ0v) is 12.1. The first-order chi connectivity index (χ1) is 8.09. The van der Waals surface area contributed by atoms with E-state index in [9.17, 15) is 8.42 Å². The standard InChI is InChI=1S/C13H27NO2S/c1-3-10-17(15,16)11-9-14-13-8-6-5-7-12(13)4-2/h12-14H,3-11H2,1-2H3. The maximum Gasteiger partial charge on any atom is 0.151 e. The summed E-state index contributed by atoms with van der Waals surface area (Å²) < 4.78 is 23.2. The second-order valence-corrected chi connectivity index (χ2v) is 7.47. The van der Waals surface area contributed by atoms with Crippen LogP contribution in [0.5, 0.6) is 0 Å². The van der Waals surface area contributed by atoms with Crippen LogP contribution in [0.3, 0.4) is 0 Å². The summed E-state index contributed by atoms with van der Waals surface area (Å²) in [6.45, 7) is 4.78. The molecule has 1 N–H and O–H groups in total. The van der Waals surface area contributed by atoms with Gasteiger partial charge >= 0.3 is 0 Å².